The standard InChI is InChI=1S/C13H13FN4O/c14-10-4-2-9(3-5-10)13(6-1-7-13)16-12(19)11-8-15-18-17-11/h2-5,8H,1,6-7H2,(H,16,19)(H,15,17,18). The van der Waals surface area contributed by atoms with Gasteiger partial charge in [0.2, 0.25) is 0 Å². The number of carbonyl (C=O) groups excluding carboxylic acids is 1. The van der Waals surface area contributed by atoms with Crippen LogP contribution in [0.4, 0.5) is 4.39 Å². The molecular weight excluding hydrogens is 247 g/mol. The minimum absolute atomic E-state index is 0.258. The maximum Gasteiger partial charge on any atom is 0.274 e. The molecule has 1 aliphatic carbocycles. The average molecular weight is 260 g/mol. The second kappa shape index (κ2) is 4.46. The number of hydrogen-bond donors (Lipinski definition) is 2. The minimum Gasteiger partial charge on any atom is -0.341 e. The minimum atomic E-state index is -0.399. The highest BCUT2D eigenvalue weighted by atomic mass is 19.1. The Labute approximate surface area is 109 Å². The molecule has 5 nitrogen and oxygen atoms in total. The van der Waals surface area contributed by atoms with Crippen LogP contribution in [0, 0.1) is 5.82 Å². The van der Waals surface area contributed by atoms with E-state index in [9.17, 15) is 9.18 Å². The molecule has 1 aromatic heterocycles. The Balaban J connectivity index is 1.83. The van der Waals surface area contributed by atoms with Gasteiger partial charge in [0.1, 0.15) is 5.82 Å². The molecule has 1 saturated carbocycles. The maximum absolute atomic E-state index is 13.0. The second-order valence-electron chi connectivity index (χ2n) is 4.75. The van der Waals surface area contributed by atoms with Gasteiger partial charge < -0.3 is 5.32 Å². The summed E-state index contributed by atoms with van der Waals surface area (Å²) in [6, 6.07) is 6.27. The third-order valence-electron chi connectivity index (χ3n) is 3.60. The van der Waals surface area contributed by atoms with E-state index in [-0.39, 0.29) is 17.4 Å². The summed E-state index contributed by atoms with van der Waals surface area (Å²) in [5.41, 5.74) is 0.786. The molecule has 0 unspecified atom stereocenters. The molecule has 0 spiro atoms. The SMILES string of the molecule is O=C(NC1(c2ccc(F)cc2)CCC1)c1cn[nH]n1. The quantitative estimate of drug-likeness (QED) is 0.883. The van der Waals surface area contributed by atoms with Gasteiger partial charge in [0, 0.05) is 0 Å². The van der Waals surface area contributed by atoms with Crippen molar-refractivity contribution < 1.29 is 9.18 Å². The van der Waals surface area contributed by atoms with Gasteiger partial charge in [0.25, 0.3) is 5.91 Å². The van der Waals surface area contributed by atoms with Gasteiger partial charge in [-0.05, 0) is 37.0 Å². The van der Waals surface area contributed by atoms with E-state index in [4.69, 9.17) is 0 Å². The molecule has 2 N–H and O–H groups in total. The molecule has 1 amide bonds. The summed E-state index contributed by atoms with van der Waals surface area (Å²) < 4.78 is 13.0. The topological polar surface area (TPSA) is 70.7 Å². The van der Waals surface area contributed by atoms with Crippen LogP contribution in [0.3, 0.4) is 0 Å². The summed E-state index contributed by atoms with van der Waals surface area (Å²) >= 11 is 0. The van der Waals surface area contributed by atoms with Gasteiger partial charge in [-0.15, -0.1) is 0 Å². The maximum atomic E-state index is 13.0. The smallest absolute Gasteiger partial charge is 0.274 e. The number of hydrogen-bond acceptors (Lipinski definition) is 3. The molecule has 1 aliphatic rings. The lowest BCUT2D eigenvalue weighted by atomic mass is 9.71. The van der Waals surface area contributed by atoms with Crippen molar-refractivity contribution in [3.63, 3.8) is 0 Å². The van der Waals surface area contributed by atoms with Gasteiger partial charge in [-0.2, -0.15) is 15.4 Å². The average Bonchev–Trinajstić information content (AvgIpc) is 2.89. The molecule has 1 fully saturated rings. The third-order valence-corrected chi connectivity index (χ3v) is 3.60. The first-order valence-electron chi connectivity index (χ1n) is 6.14. The Bertz CT molecular complexity index is 575. The lowest BCUT2D eigenvalue weighted by Gasteiger charge is -2.43. The highest BCUT2D eigenvalue weighted by molar-refractivity contribution is 5.92. The fraction of sp³-hybridized carbons (Fsp3) is 0.308. The number of benzene rings is 1. The monoisotopic (exact) mass is 260 g/mol. The summed E-state index contributed by atoms with van der Waals surface area (Å²) in [6.45, 7) is 0. The highest BCUT2D eigenvalue weighted by Crippen LogP contribution is 2.41. The van der Waals surface area contributed by atoms with Crippen LogP contribution in [-0.4, -0.2) is 21.3 Å². The van der Waals surface area contributed by atoms with Crippen molar-refractivity contribution in [3.05, 3.63) is 47.5 Å². The van der Waals surface area contributed by atoms with E-state index in [0.29, 0.717) is 0 Å². The number of carbonyl (C=O) groups is 1. The van der Waals surface area contributed by atoms with Crippen LogP contribution in [0.1, 0.15) is 35.3 Å². The molecule has 0 aliphatic heterocycles. The normalized spacial score (nSPS) is 16.7. The predicted octanol–water partition coefficient (Wildman–Crippen LogP) is 1.75. The van der Waals surface area contributed by atoms with Crippen molar-refractivity contribution in [3.8, 4) is 0 Å². The molecule has 19 heavy (non-hydrogen) atoms. The summed E-state index contributed by atoms with van der Waals surface area (Å²) in [7, 11) is 0. The van der Waals surface area contributed by atoms with Crippen LogP contribution < -0.4 is 5.32 Å². The molecular formula is C13H13FN4O. The number of halogens is 1. The molecule has 0 saturated heterocycles. The first kappa shape index (κ1) is 11.8. The van der Waals surface area contributed by atoms with E-state index in [1.54, 1.807) is 12.1 Å². The van der Waals surface area contributed by atoms with Crippen LogP contribution >= 0.6 is 0 Å². The van der Waals surface area contributed by atoms with Gasteiger partial charge >= 0.3 is 0 Å². The summed E-state index contributed by atoms with van der Waals surface area (Å²) in [4.78, 5) is 12.0. The number of rotatable bonds is 3. The Morgan fingerprint density at radius 3 is 2.58 bits per heavy atom. The van der Waals surface area contributed by atoms with Crippen molar-refractivity contribution in [2.75, 3.05) is 0 Å². The van der Waals surface area contributed by atoms with Crippen molar-refractivity contribution in [2.24, 2.45) is 0 Å². The van der Waals surface area contributed by atoms with Gasteiger partial charge in [0.05, 0.1) is 11.7 Å². The Morgan fingerprint density at radius 2 is 2.05 bits per heavy atom. The van der Waals surface area contributed by atoms with Gasteiger partial charge in [0.15, 0.2) is 5.69 Å². The van der Waals surface area contributed by atoms with Crippen LogP contribution in [0.15, 0.2) is 30.5 Å². The van der Waals surface area contributed by atoms with Crippen LogP contribution in [0.5, 0.6) is 0 Å². The van der Waals surface area contributed by atoms with E-state index in [2.05, 4.69) is 20.7 Å². The number of aromatic amines is 1. The molecule has 2 aromatic rings. The molecule has 6 heteroatoms. The Kier molecular flexibility index (Phi) is 2.77. The number of H-pyrrole nitrogens is 1. The first-order valence-corrected chi connectivity index (χ1v) is 6.14. The van der Waals surface area contributed by atoms with E-state index >= 15 is 0 Å². The largest absolute Gasteiger partial charge is 0.341 e. The first-order chi connectivity index (χ1) is 9.20. The number of amides is 1. The van der Waals surface area contributed by atoms with E-state index < -0.39 is 5.54 Å². The fourth-order valence-electron chi connectivity index (χ4n) is 2.38. The number of nitrogens with zero attached hydrogens (tertiary/aromatic N) is 2. The molecule has 0 bridgehead atoms. The summed E-state index contributed by atoms with van der Waals surface area (Å²) in [5, 5.41) is 12.8. The Hall–Kier alpha value is -2.24. The van der Waals surface area contributed by atoms with E-state index in [0.717, 1.165) is 24.8 Å². The molecule has 3 rings (SSSR count). The second-order valence-corrected chi connectivity index (χ2v) is 4.75. The van der Waals surface area contributed by atoms with Crippen molar-refractivity contribution in [1.82, 2.24) is 20.7 Å². The zero-order valence-electron chi connectivity index (χ0n) is 10.2. The van der Waals surface area contributed by atoms with Gasteiger partial charge in [-0.1, -0.05) is 12.1 Å². The highest BCUT2D eigenvalue weighted by Gasteiger charge is 2.40. The zero-order valence-corrected chi connectivity index (χ0v) is 10.2. The number of nitrogens with one attached hydrogen (secondary N) is 2. The molecule has 1 heterocycles. The van der Waals surface area contributed by atoms with Crippen LogP contribution in [0.25, 0.3) is 0 Å². The van der Waals surface area contributed by atoms with Crippen molar-refractivity contribution in [2.45, 2.75) is 24.8 Å². The lowest BCUT2D eigenvalue weighted by molar-refractivity contribution is 0.0818. The van der Waals surface area contributed by atoms with Crippen LogP contribution in [0.2, 0.25) is 0 Å². The molecule has 98 valence electrons. The van der Waals surface area contributed by atoms with Crippen molar-refractivity contribution in [1.29, 1.82) is 0 Å². The third kappa shape index (κ3) is 2.09. The zero-order chi connectivity index (χ0) is 13.3. The van der Waals surface area contributed by atoms with Gasteiger partial charge in [-0.25, -0.2) is 4.39 Å². The summed E-state index contributed by atoms with van der Waals surface area (Å²) in [5.74, 6) is -0.543. The molecule has 0 atom stereocenters. The molecule has 1 aromatic carbocycles. The number of aromatic nitrogens is 3. The van der Waals surface area contributed by atoms with Crippen molar-refractivity contribution >= 4 is 5.91 Å². The Morgan fingerprint density at radius 1 is 1.32 bits per heavy atom. The molecule has 0 radical (unpaired) electrons. The predicted molar refractivity (Wildman–Crippen MR) is 65.8 cm³/mol. The van der Waals surface area contributed by atoms with E-state index in [1.807, 2.05) is 0 Å². The van der Waals surface area contributed by atoms with Gasteiger partial charge in [-0.3, -0.25) is 4.79 Å². The fourth-order valence-corrected chi connectivity index (χ4v) is 2.38. The lowest BCUT2D eigenvalue weighted by Crippen LogP contribution is -2.50. The van der Waals surface area contributed by atoms with Crippen LogP contribution in [-0.2, 0) is 5.54 Å². The van der Waals surface area contributed by atoms with E-state index in [1.165, 1.54) is 18.3 Å². The summed E-state index contributed by atoms with van der Waals surface area (Å²) in [6.07, 6.45) is 4.12.